The predicted molar refractivity (Wildman–Crippen MR) is 77.9 cm³/mol. The average molecular weight is 251 g/mol. The lowest BCUT2D eigenvalue weighted by atomic mass is 10.0. The number of hydrogen-bond acceptors (Lipinski definition) is 2. The van der Waals surface area contributed by atoms with E-state index in [0.717, 1.165) is 13.0 Å². The van der Waals surface area contributed by atoms with E-state index in [0.29, 0.717) is 6.04 Å². The minimum absolute atomic E-state index is 0.439. The van der Waals surface area contributed by atoms with Gasteiger partial charge in [0.15, 0.2) is 0 Å². The Labute approximate surface area is 112 Å². The van der Waals surface area contributed by atoms with Gasteiger partial charge in [0, 0.05) is 23.8 Å². The van der Waals surface area contributed by atoms with Gasteiger partial charge in [-0.1, -0.05) is 33.1 Å². The first-order valence-corrected chi connectivity index (χ1v) is 7.36. The van der Waals surface area contributed by atoms with Gasteiger partial charge in [-0.15, -0.1) is 0 Å². The monoisotopic (exact) mass is 251 g/mol. The summed E-state index contributed by atoms with van der Waals surface area (Å²) in [5.41, 5.74) is 3.92. The van der Waals surface area contributed by atoms with Gasteiger partial charge in [0.25, 0.3) is 0 Å². The molecule has 1 N–H and O–H groups in total. The zero-order valence-corrected chi connectivity index (χ0v) is 12.7. The normalized spacial score (nSPS) is 12.9. The average Bonchev–Trinajstić information content (AvgIpc) is 2.64. The third-order valence-corrected chi connectivity index (χ3v) is 3.77. The molecule has 1 aromatic rings. The van der Waals surface area contributed by atoms with Gasteiger partial charge in [0.1, 0.15) is 0 Å². The summed E-state index contributed by atoms with van der Waals surface area (Å²) < 4.78 is 2.19. The fourth-order valence-electron chi connectivity index (χ4n) is 2.67. The number of aryl methyl sites for hydroxylation is 2. The van der Waals surface area contributed by atoms with E-state index in [1.165, 1.54) is 42.6 Å². The number of unbranched alkanes of at least 4 members (excludes halogenated alkanes) is 3. The minimum Gasteiger partial charge on any atom is -0.313 e. The maximum absolute atomic E-state index is 4.70. The van der Waals surface area contributed by atoms with E-state index < -0.39 is 0 Å². The van der Waals surface area contributed by atoms with Gasteiger partial charge in [-0.05, 0) is 33.7 Å². The van der Waals surface area contributed by atoms with Crippen molar-refractivity contribution < 1.29 is 0 Å². The number of nitrogens with one attached hydrogen (secondary N) is 1. The van der Waals surface area contributed by atoms with E-state index in [4.69, 9.17) is 5.10 Å². The van der Waals surface area contributed by atoms with Crippen molar-refractivity contribution >= 4 is 0 Å². The molecule has 1 unspecified atom stereocenters. The molecule has 0 aliphatic carbocycles. The zero-order valence-electron chi connectivity index (χ0n) is 12.7. The van der Waals surface area contributed by atoms with Crippen LogP contribution < -0.4 is 5.32 Å². The highest BCUT2D eigenvalue weighted by molar-refractivity contribution is 5.28. The van der Waals surface area contributed by atoms with E-state index in [-0.39, 0.29) is 0 Å². The molecule has 0 spiro atoms. The lowest BCUT2D eigenvalue weighted by molar-refractivity contribution is 0.525. The van der Waals surface area contributed by atoms with Crippen molar-refractivity contribution in [3.8, 4) is 0 Å². The van der Waals surface area contributed by atoms with Crippen molar-refractivity contribution in [1.29, 1.82) is 0 Å². The van der Waals surface area contributed by atoms with Crippen molar-refractivity contribution in [2.45, 2.75) is 72.4 Å². The van der Waals surface area contributed by atoms with Crippen molar-refractivity contribution in [2.24, 2.45) is 0 Å². The van der Waals surface area contributed by atoms with Gasteiger partial charge >= 0.3 is 0 Å². The smallest absolute Gasteiger partial charge is 0.0644 e. The summed E-state index contributed by atoms with van der Waals surface area (Å²) in [5.74, 6) is 0. The second-order valence-corrected chi connectivity index (χ2v) is 5.12. The van der Waals surface area contributed by atoms with E-state index in [1.807, 2.05) is 7.05 Å². The highest BCUT2D eigenvalue weighted by Gasteiger charge is 2.17. The molecule has 1 rings (SSSR count). The summed E-state index contributed by atoms with van der Waals surface area (Å²) in [6, 6.07) is 0.439. The van der Waals surface area contributed by atoms with Crippen LogP contribution in [0.15, 0.2) is 0 Å². The van der Waals surface area contributed by atoms with Crippen molar-refractivity contribution in [3.63, 3.8) is 0 Å². The van der Waals surface area contributed by atoms with E-state index in [9.17, 15) is 0 Å². The first-order chi connectivity index (χ1) is 8.65. The van der Waals surface area contributed by atoms with Crippen LogP contribution in [0.2, 0.25) is 0 Å². The van der Waals surface area contributed by atoms with Crippen LogP contribution >= 0.6 is 0 Å². The maximum Gasteiger partial charge on any atom is 0.0644 e. The predicted octanol–water partition coefficient (Wildman–Crippen LogP) is 3.75. The molecule has 0 fully saturated rings. The van der Waals surface area contributed by atoms with Gasteiger partial charge in [-0.25, -0.2) is 0 Å². The highest BCUT2D eigenvalue weighted by Crippen LogP contribution is 2.24. The van der Waals surface area contributed by atoms with E-state index >= 15 is 0 Å². The summed E-state index contributed by atoms with van der Waals surface area (Å²) in [5, 5.41) is 8.09. The Morgan fingerprint density at radius 2 is 1.89 bits per heavy atom. The van der Waals surface area contributed by atoms with Crippen LogP contribution in [-0.4, -0.2) is 16.8 Å². The Bertz CT molecular complexity index is 351. The molecule has 18 heavy (non-hydrogen) atoms. The molecule has 1 aromatic heterocycles. The van der Waals surface area contributed by atoms with Gasteiger partial charge in [0.05, 0.1) is 5.69 Å². The first-order valence-electron chi connectivity index (χ1n) is 7.36. The lowest BCUT2D eigenvalue weighted by Crippen LogP contribution is -2.17. The lowest BCUT2D eigenvalue weighted by Gasteiger charge is -2.14. The molecule has 0 aliphatic heterocycles. The van der Waals surface area contributed by atoms with Gasteiger partial charge in [-0.3, -0.25) is 4.68 Å². The van der Waals surface area contributed by atoms with Gasteiger partial charge in [0.2, 0.25) is 0 Å². The number of aromatic nitrogens is 2. The van der Waals surface area contributed by atoms with Crippen molar-refractivity contribution in [1.82, 2.24) is 15.1 Å². The molecule has 1 heterocycles. The van der Waals surface area contributed by atoms with Crippen LogP contribution in [0.25, 0.3) is 0 Å². The van der Waals surface area contributed by atoms with Gasteiger partial charge < -0.3 is 5.32 Å². The van der Waals surface area contributed by atoms with Crippen LogP contribution in [0, 0.1) is 13.8 Å². The third kappa shape index (κ3) is 3.58. The summed E-state index contributed by atoms with van der Waals surface area (Å²) in [6.07, 6.45) is 6.29. The molecule has 3 heteroatoms. The third-order valence-electron chi connectivity index (χ3n) is 3.77. The largest absolute Gasteiger partial charge is 0.313 e. The highest BCUT2D eigenvalue weighted by atomic mass is 15.3. The first kappa shape index (κ1) is 15.2. The zero-order chi connectivity index (χ0) is 13.5. The van der Waals surface area contributed by atoms with Crippen molar-refractivity contribution in [3.05, 3.63) is 17.0 Å². The summed E-state index contributed by atoms with van der Waals surface area (Å²) >= 11 is 0. The molecular weight excluding hydrogens is 222 g/mol. The molecule has 1 atom stereocenters. The summed E-state index contributed by atoms with van der Waals surface area (Å²) in [4.78, 5) is 0. The summed E-state index contributed by atoms with van der Waals surface area (Å²) in [6.45, 7) is 9.87. The topological polar surface area (TPSA) is 29.9 Å². The Balaban J connectivity index is 2.74. The van der Waals surface area contributed by atoms with Crippen LogP contribution in [0.5, 0.6) is 0 Å². The molecule has 0 aliphatic rings. The number of rotatable bonds is 8. The van der Waals surface area contributed by atoms with Crippen molar-refractivity contribution in [2.75, 3.05) is 7.05 Å². The minimum atomic E-state index is 0.439. The van der Waals surface area contributed by atoms with E-state index in [2.05, 4.69) is 37.7 Å². The quantitative estimate of drug-likeness (QED) is 0.713. The Morgan fingerprint density at radius 1 is 1.17 bits per heavy atom. The maximum atomic E-state index is 4.70. The number of nitrogens with zero attached hydrogens (tertiary/aromatic N) is 2. The fraction of sp³-hybridized carbons (Fsp3) is 0.800. The summed E-state index contributed by atoms with van der Waals surface area (Å²) in [7, 11) is 2.03. The van der Waals surface area contributed by atoms with Crippen LogP contribution in [0.1, 0.15) is 68.9 Å². The van der Waals surface area contributed by atoms with Crippen LogP contribution in [-0.2, 0) is 6.54 Å². The molecule has 0 amide bonds. The SMILES string of the molecule is CCCCCCn1nc(C)c(C(CC)NC)c1C. The fourth-order valence-corrected chi connectivity index (χ4v) is 2.67. The van der Waals surface area contributed by atoms with Crippen LogP contribution in [0.3, 0.4) is 0 Å². The molecule has 0 radical (unpaired) electrons. The Morgan fingerprint density at radius 3 is 2.44 bits per heavy atom. The molecule has 104 valence electrons. The Kier molecular flexibility index (Phi) is 6.41. The Hall–Kier alpha value is -0.830. The molecular formula is C15H29N3. The van der Waals surface area contributed by atoms with Crippen LogP contribution in [0.4, 0.5) is 0 Å². The second kappa shape index (κ2) is 7.57. The molecule has 3 nitrogen and oxygen atoms in total. The molecule has 0 saturated heterocycles. The van der Waals surface area contributed by atoms with E-state index in [1.54, 1.807) is 0 Å². The molecule has 0 bridgehead atoms. The molecule has 0 aromatic carbocycles. The van der Waals surface area contributed by atoms with Gasteiger partial charge in [-0.2, -0.15) is 5.10 Å². The number of hydrogen-bond donors (Lipinski definition) is 1. The molecule has 0 saturated carbocycles. The standard InChI is InChI=1S/C15H29N3/c1-6-8-9-10-11-18-13(4)15(12(3)17-18)14(7-2)16-5/h14,16H,6-11H2,1-5H3. The second-order valence-electron chi connectivity index (χ2n) is 5.12.